The molecule has 1 amide bonds. The van der Waals surface area contributed by atoms with Gasteiger partial charge in [-0.25, -0.2) is 9.50 Å². The first-order valence-corrected chi connectivity index (χ1v) is 13.6. The number of ether oxygens (including phenoxy) is 1. The SMILES string of the molecule is CC(I)c1nn(C2CCC(CO)CC2)cc1NC(=O)c1cnn2ccc(N3C[C@H]4C[C@@H]3CO4)nc12. The zero-order valence-corrected chi connectivity index (χ0v) is 21.8. The van der Waals surface area contributed by atoms with Crippen molar-refractivity contribution in [2.45, 2.75) is 61.1 Å². The van der Waals surface area contributed by atoms with E-state index in [2.05, 4.69) is 44.8 Å². The van der Waals surface area contributed by atoms with Crippen molar-refractivity contribution < 1.29 is 14.6 Å². The molecule has 2 N–H and O–H groups in total. The van der Waals surface area contributed by atoms with Crippen molar-refractivity contribution >= 4 is 45.7 Å². The predicted molar refractivity (Wildman–Crippen MR) is 139 cm³/mol. The van der Waals surface area contributed by atoms with Crippen LogP contribution < -0.4 is 10.2 Å². The van der Waals surface area contributed by atoms with Crippen LogP contribution >= 0.6 is 22.6 Å². The van der Waals surface area contributed by atoms with Crippen LogP contribution in [0.4, 0.5) is 11.5 Å². The van der Waals surface area contributed by atoms with Gasteiger partial charge in [-0.2, -0.15) is 10.2 Å². The monoisotopic (exact) mass is 591 g/mol. The normalized spacial score (nSPS) is 27.0. The fourth-order valence-corrected chi connectivity index (χ4v) is 6.08. The molecule has 5 heterocycles. The molecule has 3 aromatic rings. The summed E-state index contributed by atoms with van der Waals surface area (Å²) in [5.41, 5.74) is 2.57. The number of carbonyl (C=O) groups is 1. The fraction of sp³-hybridized carbons (Fsp3) is 0.583. The van der Waals surface area contributed by atoms with Gasteiger partial charge in [0.05, 0.1) is 46.3 Å². The van der Waals surface area contributed by atoms with Gasteiger partial charge in [0.1, 0.15) is 11.4 Å². The lowest BCUT2D eigenvalue weighted by atomic mass is 9.87. The number of aromatic nitrogens is 5. The summed E-state index contributed by atoms with van der Waals surface area (Å²) in [7, 11) is 0. The number of nitrogens with zero attached hydrogens (tertiary/aromatic N) is 6. The smallest absolute Gasteiger partial charge is 0.261 e. The van der Waals surface area contributed by atoms with Gasteiger partial charge in [-0.3, -0.25) is 9.48 Å². The number of halogens is 1. The summed E-state index contributed by atoms with van der Waals surface area (Å²) < 4.78 is 9.51. The van der Waals surface area contributed by atoms with E-state index in [1.54, 1.807) is 10.7 Å². The topological polar surface area (TPSA) is 110 Å². The third-order valence-corrected chi connectivity index (χ3v) is 8.22. The molecule has 3 atom stereocenters. The van der Waals surface area contributed by atoms with Crippen LogP contribution in [0.15, 0.2) is 24.7 Å². The van der Waals surface area contributed by atoms with Crippen LogP contribution in [-0.2, 0) is 4.74 Å². The fourth-order valence-electron chi connectivity index (χ4n) is 5.62. The van der Waals surface area contributed by atoms with E-state index in [-0.39, 0.29) is 22.5 Å². The number of carbonyl (C=O) groups excluding carboxylic acids is 1. The number of nitrogens with one attached hydrogen (secondary N) is 1. The minimum Gasteiger partial charge on any atom is -0.396 e. The molecule has 35 heavy (non-hydrogen) atoms. The molecule has 0 spiro atoms. The molecule has 2 aliphatic heterocycles. The number of alkyl halides is 1. The standard InChI is InChI=1S/C24H30IN7O3/c1-14(25)22-20(11-32(29-22)16-4-2-15(12-33)3-5-16)27-24(34)19-9-26-31-7-6-21(28-23(19)31)30-10-18-8-17(30)13-35-18/h6-7,9,11,14-18,33H,2-5,8,10,12-13H2,1H3,(H,27,34)/t14?,15?,16?,17-,18-/m1/s1. The van der Waals surface area contributed by atoms with Crippen LogP contribution in [0.1, 0.15) is 65.0 Å². The Hall–Kier alpha value is -2.25. The number of rotatable bonds is 6. The molecule has 3 aromatic heterocycles. The Morgan fingerprint density at radius 2 is 2.14 bits per heavy atom. The third-order valence-electron chi connectivity index (χ3n) is 7.63. The summed E-state index contributed by atoms with van der Waals surface area (Å²) in [6.07, 6.45) is 10.7. The molecule has 186 valence electrons. The second-order valence-corrected chi connectivity index (χ2v) is 11.8. The average molecular weight is 591 g/mol. The number of anilines is 2. The molecule has 11 heteroatoms. The highest BCUT2D eigenvalue weighted by molar-refractivity contribution is 14.1. The lowest BCUT2D eigenvalue weighted by Gasteiger charge is -2.27. The van der Waals surface area contributed by atoms with Crippen molar-refractivity contribution in [3.63, 3.8) is 0 Å². The molecule has 10 nitrogen and oxygen atoms in total. The van der Waals surface area contributed by atoms with Crippen LogP contribution in [0.2, 0.25) is 0 Å². The molecule has 2 bridgehead atoms. The summed E-state index contributed by atoms with van der Waals surface area (Å²) in [6.45, 7) is 3.89. The van der Waals surface area contributed by atoms with Gasteiger partial charge in [-0.1, -0.05) is 22.6 Å². The molecule has 0 aromatic carbocycles. The van der Waals surface area contributed by atoms with Crippen LogP contribution in [0.25, 0.3) is 5.65 Å². The zero-order valence-electron chi connectivity index (χ0n) is 19.7. The van der Waals surface area contributed by atoms with Crippen molar-refractivity contribution in [3.8, 4) is 0 Å². The van der Waals surface area contributed by atoms with Crippen molar-refractivity contribution in [3.05, 3.63) is 35.9 Å². The quantitative estimate of drug-likeness (QED) is 0.334. The van der Waals surface area contributed by atoms with Gasteiger partial charge in [0.25, 0.3) is 5.91 Å². The van der Waals surface area contributed by atoms with Gasteiger partial charge in [0.2, 0.25) is 0 Å². The molecule has 1 aliphatic carbocycles. The van der Waals surface area contributed by atoms with E-state index in [0.717, 1.165) is 62.5 Å². The van der Waals surface area contributed by atoms with Crippen molar-refractivity contribution in [2.24, 2.45) is 5.92 Å². The van der Waals surface area contributed by atoms with E-state index in [1.165, 1.54) is 0 Å². The van der Waals surface area contributed by atoms with E-state index in [0.29, 0.717) is 29.2 Å². The highest BCUT2D eigenvalue weighted by atomic mass is 127. The van der Waals surface area contributed by atoms with E-state index in [9.17, 15) is 9.90 Å². The van der Waals surface area contributed by atoms with Gasteiger partial charge in [0, 0.05) is 25.5 Å². The molecule has 3 aliphatic rings. The first-order valence-electron chi connectivity index (χ1n) is 12.4. The van der Waals surface area contributed by atoms with Crippen molar-refractivity contribution in [1.29, 1.82) is 0 Å². The molecule has 6 rings (SSSR count). The molecule has 0 radical (unpaired) electrons. The second-order valence-electron chi connectivity index (χ2n) is 9.94. The van der Waals surface area contributed by atoms with Gasteiger partial charge in [-0.05, 0) is 51.0 Å². The minimum absolute atomic E-state index is 0.138. The van der Waals surface area contributed by atoms with Gasteiger partial charge < -0.3 is 20.1 Å². The minimum atomic E-state index is -0.238. The summed E-state index contributed by atoms with van der Waals surface area (Å²) in [5, 5.41) is 21.7. The van der Waals surface area contributed by atoms with Gasteiger partial charge >= 0.3 is 0 Å². The number of amides is 1. The number of aliphatic hydroxyl groups is 1. The first-order chi connectivity index (χ1) is 17.0. The maximum Gasteiger partial charge on any atom is 0.261 e. The lowest BCUT2D eigenvalue weighted by molar-refractivity contribution is 0.0988. The van der Waals surface area contributed by atoms with E-state index in [1.807, 2.05) is 23.1 Å². The highest BCUT2D eigenvalue weighted by Gasteiger charge is 2.39. The third kappa shape index (κ3) is 4.31. The molecular formula is C24H30IN7O3. The molecule has 1 saturated carbocycles. The van der Waals surface area contributed by atoms with Crippen LogP contribution in [-0.4, -0.2) is 67.3 Å². The van der Waals surface area contributed by atoms with E-state index in [4.69, 9.17) is 14.8 Å². The molecule has 1 unspecified atom stereocenters. The molecule has 3 fully saturated rings. The Bertz CT molecular complexity index is 1230. The Morgan fingerprint density at radius 1 is 1.31 bits per heavy atom. The summed E-state index contributed by atoms with van der Waals surface area (Å²) >= 11 is 2.33. The number of morpholine rings is 1. The van der Waals surface area contributed by atoms with Crippen molar-refractivity contribution in [2.75, 3.05) is 30.0 Å². The van der Waals surface area contributed by atoms with E-state index < -0.39 is 0 Å². The second kappa shape index (κ2) is 9.32. The Balaban J connectivity index is 1.24. The number of fused-ring (bicyclic) bond motifs is 3. The Morgan fingerprint density at radius 3 is 2.83 bits per heavy atom. The van der Waals surface area contributed by atoms with E-state index >= 15 is 0 Å². The summed E-state index contributed by atoms with van der Waals surface area (Å²) in [5.74, 6) is 1.01. The largest absolute Gasteiger partial charge is 0.396 e. The zero-order chi connectivity index (χ0) is 24.1. The molecular weight excluding hydrogens is 561 g/mol. The van der Waals surface area contributed by atoms with Crippen LogP contribution in [0.3, 0.4) is 0 Å². The predicted octanol–water partition coefficient (Wildman–Crippen LogP) is 3.38. The lowest BCUT2D eigenvalue weighted by Crippen LogP contribution is -2.37. The molecule has 2 saturated heterocycles. The van der Waals surface area contributed by atoms with Crippen LogP contribution in [0.5, 0.6) is 0 Å². The number of hydrogen-bond donors (Lipinski definition) is 2. The first kappa shape index (κ1) is 23.2. The maximum atomic E-state index is 13.4. The van der Waals surface area contributed by atoms with Gasteiger partial charge in [-0.15, -0.1) is 0 Å². The summed E-state index contributed by atoms with van der Waals surface area (Å²) in [6, 6.07) is 2.59. The van der Waals surface area contributed by atoms with Gasteiger partial charge in [0.15, 0.2) is 5.65 Å². The maximum absolute atomic E-state index is 13.4. The number of aliphatic hydroxyl groups excluding tert-OH is 1. The van der Waals surface area contributed by atoms with Crippen LogP contribution in [0, 0.1) is 5.92 Å². The Labute approximate surface area is 217 Å². The Kier molecular flexibility index (Phi) is 6.17. The van der Waals surface area contributed by atoms with Crippen molar-refractivity contribution in [1.82, 2.24) is 24.4 Å². The summed E-state index contributed by atoms with van der Waals surface area (Å²) in [4.78, 5) is 20.5. The number of hydrogen-bond acceptors (Lipinski definition) is 7. The highest BCUT2D eigenvalue weighted by Crippen LogP contribution is 2.36. The average Bonchev–Trinajstić information content (AvgIpc) is 3.66.